The maximum absolute atomic E-state index is 12.7. The summed E-state index contributed by atoms with van der Waals surface area (Å²) in [5, 5.41) is 4.42. The van der Waals surface area contributed by atoms with E-state index >= 15 is 0 Å². The van der Waals surface area contributed by atoms with Crippen molar-refractivity contribution in [1.82, 2.24) is 15.2 Å². The zero-order valence-corrected chi connectivity index (χ0v) is 13.9. The lowest BCUT2D eigenvalue weighted by atomic mass is 9.85. The normalized spacial score (nSPS) is 24.9. The summed E-state index contributed by atoms with van der Waals surface area (Å²) in [6.45, 7) is 2.88. The van der Waals surface area contributed by atoms with Crippen molar-refractivity contribution in [3.63, 3.8) is 0 Å². The molecule has 116 valence electrons. The van der Waals surface area contributed by atoms with Gasteiger partial charge in [-0.3, -0.25) is 4.79 Å². The summed E-state index contributed by atoms with van der Waals surface area (Å²) in [5.74, 6) is 0.766. The minimum atomic E-state index is 0. The summed E-state index contributed by atoms with van der Waals surface area (Å²) in [6, 6.07) is 4.36. The van der Waals surface area contributed by atoms with Crippen molar-refractivity contribution in [1.29, 1.82) is 0 Å². The van der Waals surface area contributed by atoms with Gasteiger partial charge in [-0.2, -0.15) is 0 Å². The molecular weight excluding hydrogens is 306 g/mol. The zero-order valence-electron chi connectivity index (χ0n) is 12.2. The van der Waals surface area contributed by atoms with Gasteiger partial charge in [-0.25, -0.2) is 4.98 Å². The average molecular weight is 328 g/mol. The molecule has 21 heavy (non-hydrogen) atoms. The monoisotopic (exact) mass is 327 g/mol. The fraction of sp³-hybridized carbons (Fsp3) is 0.600. The molecule has 0 bridgehead atoms. The molecule has 1 aromatic rings. The zero-order chi connectivity index (χ0) is 13.9. The Morgan fingerprint density at radius 3 is 3.14 bits per heavy atom. The number of amides is 1. The molecule has 0 aliphatic carbocycles. The van der Waals surface area contributed by atoms with Crippen molar-refractivity contribution in [3.05, 3.63) is 23.9 Å². The van der Waals surface area contributed by atoms with Crippen LogP contribution in [0.1, 0.15) is 29.6 Å². The van der Waals surface area contributed by atoms with Crippen molar-refractivity contribution < 1.29 is 4.79 Å². The first kappa shape index (κ1) is 16.6. The highest BCUT2D eigenvalue weighted by Crippen LogP contribution is 2.27. The van der Waals surface area contributed by atoms with Gasteiger partial charge < -0.3 is 10.2 Å². The Kier molecular flexibility index (Phi) is 5.90. The van der Waals surface area contributed by atoms with Gasteiger partial charge in [0.1, 0.15) is 5.03 Å². The SMILES string of the molecule is CSc1ncccc1C(=O)N1CC[C@@H]2NCCC[C@@H]2C1.Cl. The summed E-state index contributed by atoms with van der Waals surface area (Å²) >= 11 is 1.54. The van der Waals surface area contributed by atoms with E-state index in [-0.39, 0.29) is 18.3 Å². The van der Waals surface area contributed by atoms with E-state index in [1.165, 1.54) is 24.6 Å². The Labute approximate surface area is 136 Å². The number of hydrogen-bond donors (Lipinski definition) is 1. The predicted molar refractivity (Wildman–Crippen MR) is 88.3 cm³/mol. The topological polar surface area (TPSA) is 45.2 Å². The van der Waals surface area contributed by atoms with Crippen LogP contribution in [-0.2, 0) is 0 Å². The first-order chi connectivity index (χ1) is 9.79. The number of halogens is 1. The van der Waals surface area contributed by atoms with Crippen molar-refractivity contribution in [2.45, 2.75) is 30.3 Å². The van der Waals surface area contributed by atoms with Gasteiger partial charge >= 0.3 is 0 Å². The van der Waals surface area contributed by atoms with E-state index in [4.69, 9.17) is 0 Å². The van der Waals surface area contributed by atoms with Crippen molar-refractivity contribution in [2.24, 2.45) is 5.92 Å². The molecule has 2 fully saturated rings. The summed E-state index contributed by atoms with van der Waals surface area (Å²) in [5.41, 5.74) is 0.752. The van der Waals surface area contributed by atoms with Gasteiger partial charge in [0, 0.05) is 25.3 Å². The second-order valence-corrected chi connectivity index (χ2v) is 6.36. The van der Waals surface area contributed by atoms with Crippen LogP contribution in [0.5, 0.6) is 0 Å². The van der Waals surface area contributed by atoms with Crippen LogP contribution in [0.25, 0.3) is 0 Å². The molecule has 3 rings (SSSR count). The molecular formula is C15H22ClN3OS. The molecule has 2 aliphatic rings. The Morgan fingerprint density at radius 1 is 1.48 bits per heavy atom. The van der Waals surface area contributed by atoms with Crippen LogP contribution in [0.2, 0.25) is 0 Å². The molecule has 4 nitrogen and oxygen atoms in total. The number of rotatable bonds is 2. The minimum Gasteiger partial charge on any atom is -0.338 e. The minimum absolute atomic E-state index is 0. The molecule has 0 spiro atoms. The highest BCUT2D eigenvalue weighted by Gasteiger charge is 2.33. The second-order valence-electron chi connectivity index (χ2n) is 5.56. The largest absolute Gasteiger partial charge is 0.338 e. The first-order valence-electron chi connectivity index (χ1n) is 7.31. The van der Waals surface area contributed by atoms with Crippen LogP contribution in [0, 0.1) is 5.92 Å². The Hall–Kier alpha value is -0.780. The number of hydrogen-bond acceptors (Lipinski definition) is 4. The number of likely N-dealkylation sites (tertiary alicyclic amines) is 1. The number of nitrogens with one attached hydrogen (secondary N) is 1. The summed E-state index contributed by atoms with van der Waals surface area (Å²) < 4.78 is 0. The first-order valence-corrected chi connectivity index (χ1v) is 8.53. The molecule has 2 saturated heterocycles. The number of piperidine rings is 2. The van der Waals surface area contributed by atoms with Crippen molar-refractivity contribution in [2.75, 3.05) is 25.9 Å². The smallest absolute Gasteiger partial charge is 0.256 e. The molecule has 0 radical (unpaired) electrons. The van der Waals surface area contributed by atoms with E-state index in [0.717, 1.165) is 36.6 Å². The number of thioether (sulfide) groups is 1. The molecule has 2 aliphatic heterocycles. The predicted octanol–water partition coefficient (Wildman–Crippen LogP) is 2.44. The Bertz CT molecular complexity index is 500. The third kappa shape index (κ3) is 3.52. The number of pyridine rings is 1. The molecule has 6 heteroatoms. The van der Waals surface area contributed by atoms with Crippen LogP contribution in [0.4, 0.5) is 0 Å². The fourth-order valence-electron chi connectivity index (χ4n) is 3.32. The van der Waals surface area contributed by atoms with Crippen LogP contribution < -0.4 is 5.32 Å². The van der Waals surface area contributed by atoms with E-state index in [1.54, 1.807) is 6.20 Å². The molecule has 0 aromatic carbocycles. The summed E-state index contributed by atoms with van der Waals surface area (Å²) in [4.78, 5) is 19.0. The highest BCUT2D eigenvalue weighted by atomic mass is 35.5. The lowest BCUT2D eigenvalue weighted by molar-refractivity contribution is 0.0588. The van der Waals surface area contributed by atoms with Gasteiger partial charge in [0.25, 0.3) is 5.91 Å². The molecule has 1 aromatic heterocycles. The summed E-state index contributed by atoms with van der Waals surface area (Å²) in [6.07, 6.45) is 7.26. The lowest BCUT2D eigenvalue weighted by Crippen LogP contribution is -2.53. The van der Waals surface area contributed by atoms with Gasteiger partial charge in [0.2, 0.25) is 0 Å². The van der Waals surface area contributed by atoms with Gasteiger partial charge in [-0.05, 0) is 50.1 Å². The standard InChI is InChI=1S/C15H21N3OS.ClH/c1-20-14-12(5-3-8-17-14)15(19)18-9-6-13-11(10-18)4-2-7-16-13;/h3,5,8,11,13,16H,2,4,6-7,9-10H2,1H3;1H/t11-,13+;/m1./s1. The lowest BCUT2D eigenvalue weighted by Gasteiger charge is -2.41. The fourth-order valence-corrected chi connectivity index (χ4v) is 3.86. The maximum Gasteiger partial charge on any atom is 0.256 e. The number of nitrogens with zero attached hydrogens (tertiary/aromatic N) is 2. The van der Waals surface area contributed by atoms with Gasteiger partial charge in [0.05, 0.1) is 5.56 Å². The van der Waals surface area contributed by atoms with Crippen LogP contribution in [0.15, 0.2) is 23.4 Å². The average Bonchev–Trinajstić information content (AvgIpc) is 2.53. The quantitative estimate of drug-likeness (QED) is 0.847. The van der Waals surface area contributed by atoms with Gasteiger partial charge in [-0.1, -0.05) is 0 Å². The van der Waals surface area contributed by atoms with E-state index in [0.29, 0.717) is 12.0 Å². The Morgan fingerprint density at radius 2 is 2.33 bits per heavy atom. The molecule has 0 saturated carbocycles. The number of aromatic nitrogens is 1. The van der Waals surface area contributed by atoms with Crippen LogP contribution in [0.3, 0.4) is 0 Å². The summed E-state index contributed by atoms with van der Waals surface area (Å²) in [7, 11) is 0. The number of carbonyl (C=O) groups is 1. The molecule has 2 atom stereocenters. The Balaban J connectivity index is 0.00000161. The molecule has 0 unspecified atom stereocenters. The molecule has 3 heterocycles. The third-order valence-electron chi connectivity index (χ3n) is 4.37. The van der Waals surface area contributed by atoms with Crippen molar-refractivity contribution >= 4 is 30.1 Å². The van der Waals surface area contributed by atoms with Gasteiger partial charge in [-0.15, -0.1) is 24.2 Å². The molecule has 1 amide bonds. The van der Waals surface area contributed by atoms with E-state index in [9.17, 15) is 4.79 Å². The van der Waals surface area contributed by atoms with Crippen LogP contribution >= 0.6 is 24.2 Å². The van der Waals surface area contributed by atoms with E-state index in [1.807, 2.05) is 23.3 Å². The number of carbonyl (C=O) groups excluding carboxylic acids is 1. The highest BCUT2D eigenvalue weighted by molar-refractivity contribution is 7.98. The maximum atomic E-state index is 12.7. The number of fused-ring (bicyclic) bond motifs is 1. The van der Waals surface area contributed by atoms with E-state index < -0.39 is 0 Å². The van der Waals surface area contributed by atoms with Crippen molar-refractivity contribution in [3.8, 4) is 0 Å². The third-order valence-corrected chi connectivity index (χ3v) is 5.09. The van der Waals surface area contributed by atoms with Gasteiger partial charge in [0.15, 0.2) is 0 Å². The second kappa shape index (κ2) is 7.47. The molecule has 1 N–H and O–H groups in total. The van der Waals surface area contributed by atoms with E-state index in [2.05, 4.69) is 10.3 Å². The van der Waals surface area contributed by atoms with Crippen LogP contribution in [-0.4, -0.2) is 47.7 Å².